The Balaban J connectivity index is 0.00000200. The second-order valence-electron chi connectivity index (χ2n) is 6.16. The number of carbonyl (C=O) groups excluding carboxylic acids is 1. The highest BCUT2D eigenvalue weighted by atomic mass is 35.5. The average molecular weight is 342 g/mol. The number of nitrogens with zero attached hydrogens (tertiary/aromatic N) is 2. The molecule has 0 spiro atoms. The fourth-order valence-electron chi connectivity index (χ4n) is 3.12. The zero-order chi connectivity index (χ0) is 14.0. The lowest BCUT2D eigenvalue weighted by molar-refractivity contribution is -0.135. The summed E-state index contributed by atoms with van der Waals surface area (Å²) in [6.45, 7) is 7.12. The molecule has 21 heavy (non-hydrogen) atoms. The number of rotatable bonds is 3. The number of halogens is 2. The van der Waals surface area contributed by atoms with Gasteiger partial charge in [-0.15, -0.1) is 24.8 Å². The largest absolute Gasteiger partial charge is 0.392 e. The summed E-state index contributed by atoms with van der Waals surface area (Å²) in [6, 6.07) is 0.749. The van der Waals surface area contributed by atoms with Gasteiger partial charge in [0.2, 0.25) is 5.91 Å². The molecule has 2 heterocycles. The van der Waals surface area contributed by atoms with Crippen LogP contribution in [0.5, 0.6) is 0 Å². The summed E-state index contributed by atoms with van der Waals surface area (Å²) in [4.78, 5) is 16.7. The van der Waals surface area contributed by atoms with Crippen LogP contribution >= 0.6 is 24.8 Å². The van der Waals surface area contributed by atoms with Crippen LogP contribution in [-0.2, 0) is 4.79 Å². The first-order valence-electron chi connectivity index (χ1n) is 7.41. The Morgan fingerprint density at radius 3 is 2.29 bits per heavy atom. The van der Waals surface area contributed by atoms with E-state index in [1.165, 1.54) is 0 Å². The van der Waals surface area contributed by atoms with E-state index in [9.17, 15) is 9.90 Å². The quantitative estimate of drug-likeness (QED) is 0.800. The molecule has 126 valence electrons. The van der Waals surface area contributed by atoms with E-state index in [4.69, 9.17) is 0 Å². The number of piperidine rings is 1. The van der Waals surface area contributed by atoms with Crippen LogP contribution < -0.4 is 5.32 Å². The molecule has 2 saturated heterocycles. The highest BCUT2D eigenvalue weighted by Gasteiger charge is 2.33. The Hall–Kier alpha value is -0.0700. The molecule has 0 radical (unpaired) electrons. The van der Waals surface area contributed by atoms with Gasteiger partial charge in [-0.05, 0) is 33.1 Å². The third kappa shape index (κ3) is 5.25. The number of carbonyl (C=O) groups is 1. The van der Waals surface area contributed by atoms with Gasteiger partial charge in [0.15, 0.2) is 0 Å². The predicted molar refractivity (Wildman–Crippen MR) is 89.4 cm³/mol. The van der Waals surface area contributed by atoms with Crippen LogP contribution in [0.1, 0.15) is 33.1 Å². The van der Waals surface area contributed by atoms with Crippen molar-refractivity contribution in [2.45, 2.75) is 57.3 Å². The number of aliphatic hydroxyl groups excluding tert-OH is 1. The first kappa shape index (κ1) is 20.9. The Labute approximate surface area is 140 Å². The number of likely N-dealkylation sites (N-methyl/N-ethyl adjacent to an activating group) is 1. The first-order valence-corrected chi connectivity index (χ1v) is 7.41. The number of hydrogen-bond donors (Lipinski definition) is 2. The SMILES string of the molecule is CC(C)N1CCC(N(C)C(=O)C2CC(O)CN2)CC1.Cl.Cl. The predicted octanol–water partition coefficient (Wildman–Crippen LogP) is 0.884. The van der Waals surface area contributed by atoms with E-state index in [-0.39, 0.29) is 42.9 Å². The van der Waals surface area contributed by atoms with Crippen molar-refractivity contribution < 1.29 is 9.90 Å². The number of likely N-dealkylation sites (tertiary alicyclic amines) is 1. The van der Waals surface area contributed by atoms with Crippen LogP contribution in [0.25, 0.3) is 0 Å². The number of aliphatic hydroxyl groups is 1. The van der Waals surface area contributed by atoms with Crippen LogP contribution in [0.3, 0.4) is 0 Å². The third-order valence-electron chi connectivity index (χ3n) is 4.53. The van der Waals surface area contributed by atoms with Gasteiger partial charge in [0, 0.05) is 38.8 Å². The molecular formula is C14H29Cl2N3O2. The molecule has 2 aliphatic heterocycles. The summed E-state index contributed by atoms with van der Waals surface area (Å²) in [5.74, 6) is 0.138. The molecule has 5 nitrogen and oxygen atoms in total. The number of amides is 1. The van der Waals surface area contributed by atoms with Gasteiger partial charge in [0.05, 0.1) is 12.1 Å². The average Bonchev–Trinajstić information content (AvgIpc) is 2.84. The van der Waals surface area contributed by atoms with Gasteiger partial charge in [-0.3, -0.25) is 4.79 Å². The lowest BCUT2D eigenvalue weighted by Crippen LogP contribution is -2.51. The molecular weight excluding hydrogens is 313 g/mol. The van der Waals surface area contributed by atoms with Gasteiger partial charge in [0.1, 0.15) is 0 Å². The van der Waals surface area contributed by atoms with Gasteiger partial charge >= 0.3 is 0 Å². The zero-order valence-corrected chi connectivity index (χ0v) is 14.8. The molecule has 0 aromatic carbocycles. The molecule has 0 aromatic rings. The van der Waals surface area contributed by atoms with Gasteiger partial charge in [0.25, 0.3) is 0 Å². The molecule has 0 aromatic heterocycles. The number of nitrogens with one attached hydrogen (secondary N) is 1. The summed E-state index contributed by atoms with van der Waals surface area (Å²) in [5.41, 5.74) is 0. The normalized spacial score (nSPS) is 27.1. The van der Waals surface area contributed by atoms with Gasteiger partial charge in [-0.2, -0.15) is 0 Å². The summed E-state index contributed by atoms with van der Waals surface area (Å²) in [5, 5.41) is 12.6. The molecule has 2 atom stereocenters. The fraction of sp³-hybridized carbons (Fsp3) is 0.929. The molecule has 2 N–H and O–H groups in total. The molecule has 2 rings (SSSR count). The van der Waals surface area contributed by atoms with E-state index in [1.807, 2.05) is 11.9 Å². The van der Waals surface area contributed by atoms with Gasteiger partial charge < -0.3 is 20.2 Å². The lowest BCUT2D eigenvalue weighted by atomic mass is 10.0. The molecule has 2 aliphatic rings. The summed E-state index contributed by atoms with van der Waals surface area (Å²) >= 11 is 0. The Morgan fingerprint density at radius 2 is 1.86 bits per heavy atom. The zero-order valence-electron chi connectivity index (χ0n) is 13.1. The minimum Gasteiger partial charge on any atom is -0.392 e. The fourth-order valence-corrected chi connectivity index (χ4v) is 3.12. The maximum atomic E-state index is 12.3. The van der Waals surface area contributed by atoms with Crippen LogP contribution in [0.4, 0.5) is 0 Å². The smallest absolute Gasteiger partial charge is 0.239 e. The molecule has 2 fully saturated rings. The van der Waals surface area contributed by atoms with Crippen molar-refractivity contribution in [3.05, 3.63) is 0 Å². The second kappa shape index (κ2) is 9.16. The Kier molecular flexibility index (Phi) is 9.12. The first-order chi connectivity index (χ1) is 8.99. The lowest BCUT2D eigenvalue weighted by Gasteiger charge is -2.39. The number of hydrogen-bond acceptors (Lipinski definition) is 4. The Morgan fingerprint density at radius 1 is 1.29 bits per heavy atom. The van der Waals surface area contributed by atoms with Crippen LogP contribution in [-0.4, -0.2) is 71.7 Å². The van der Waals surface area contributed by atoms with Crippen molar-refractivity contribution in [3.63, 3.8) is 0 Å². The van der Waals surface area contributed by atoms with Crippen LogP contribution in [0, 0.1) is 0 Å². The summed E-state index contributed by atoms with van der Waals surface area (Å²) in [7, 11) is 1.91. The van der Waals surface area contributed by atoms with E-state index in [0.29, 0.717) is 25.0 Å². The number of β-amino-alcohol motifs (C(OH)–C–C–N with tert-alkyl or cyclic N) is 1. The van der Waals surface area contributed by atoms with E-state index in [1.54, 1.807) is 0 Å². The van der Waals surface area contributed by atoms with Crippen molar-refractivity contribution in [3.8, 4) is 0 Å². The van der Waals surface area contributed by atoms with Gasteiger partial charge in [-0.25, -0.2) is 0 Å². The monoisotopic (exact) mass is 341 g/mol. The molecule has 0 bridgehead atoms. The van der Waals surface area contributed by atoms with E-state index < -0.39 is 0 Å². The van der Waals surface area contributed by atoms with Crippen molar-refractivity contribution in [2.75, 3.05) is 26.7 Å². The molecule has 0 aliphatic carbocycles. The van der Waals surface area contributed by atoms with E-state index in [2.05, 4.69) is 24.1 Å². The van der Waals surface area contributed by atoms with Crippen molar-refractivity contribution in [2.24, 2.45) is 0 Å². The minimum absolute atomic E-state index is 0. The highest BCUT2D eigenvalue weighted by Crippen LogP contribution is 2.19. The molecule has 1 amide bonds. The summed E-state index contributed by atoms with van der Waals surface area (Å²) < 4.78 is 0. The van der Waals surface area contributed by atoms with E-state index in [0.717, 1.165) is 25.9 Å². The van der Waals surface area contributed by atoms with Crippen LogP contribution in [0.15, 0.2) is 0 Å². The topological polar surface area (TPSA) is 55.8 Å². The molecule has 7 heteroatoms. The van der Waals surface area contributed by atoms with Crippen LogP contribution in [0.2, 0.25) is 0 Å². The molecule has 0 saturated carbocycles. The van der Waals surface area contributed by atoms with E-state index >= 15 is 0 Å². The maximum Gasteiger partial charge on any atom is 0.239 e. The Bertz CT molecular complexity index is 323. The highest BCUT2D eigenvalue weighted by molar-refractivity contribution is 5.85. The standard InChI is InChI=1S/C14H27N3O2.2ClH/c1-10(2)17-6-4-11(5-7-17)16(3)14(19)13-8-12(18)9-15-13;;/h10-13,15,18H,4-9H2,1-3H3;2*1H. The van der Waals surface area contributed by atoms with Crippen molar-refractivity contribution in [1.82, 2.24) is 15.1 Å². The molecule has 2 unspecified atom stereocenters. The van der Waals surface area contributed by atoms with Crippen molar-refractivity contribution >= 4 is 30.7 Å². The van der Waals surface area contributed by atoms with Crippen molar-refractivity contribution in [1.29, 1.82) is 0 Å². The van der Waals surface area contributed by atoms with Gasteiger partial charge in [-0.1, -0.05) is 0 Å². The summed E-state index contributed by atoms with van der Waals surface area (Å²) in [6.07, 6.45) is 2.28. The maximum absolute atomic E-state index is 12.3. The third-order valence-corrected chi connectivity index (χ3v) is 4.53. The minimum atomic E-state index is -0.370. The second-order valence-corrected chi connectivity index (χ2v) is 6.16.